The van der Waals surface area contributed by atoms with Crippen molar-refractivity contribution in [2.75, 3.05) is 19.6 Å². The fraction of sp³-hybridized carbons (Fsp3) is 0.440. The average Bonchev–Trinajstić information content (AvgIpc) is 3.36. The van der Waals surface area contributed by atoms with Gasteiger partial charge in [0.1, 0.15) is 17.5 Å². The summed E-state index contributed by atoms with van der Waals surface area (Å²) in [5, 5.41) is 8.28. The fourth-order valence-corrected chi connectivity index (χ4v) is 4.58. The van der Waals surface area contributed by atoms with Crippen molar-refractivity contribution in [3.05, 3.63) is 71.1 Å². The Morgan fingerprint density at radius 1 is 0.971 bits per heavy atom. The minimum absolute atomic E-state index is 0.356. The van der Waals surface area contributed by atoms with E-state index in [2.05, 4.69) is 15.1 Å². The van der Waals surface area contributed by atoms with Gasteiger partial charge in [-0.3, -0.25) is 0 Å². The van der Waals surface area contributed by atoms with E-state index in [1.807, 2.05) is 0 Å². The summed E-state index contributed by atoms with van der Waals surface area (Å²) in [6.45, 7) is 2.88. The Labute approximate surface area is 195 Å². The molecular formula is C25H27F5N4. The topological polar surface area (TPSA) is 34.0 Å². The average molecular weight is 479 g/mol. The molecule has 4 nitrogen and oxygen atoms in total. The molecular weight excluding hydrogens is 451 g/mol. The molecule has 2 heterocycles. The van der Waals surface area contributed by atoms with Gasteiger partial charge in [0.05, 0.1) is 5.56 Å². The number of rotatable bonds is 8. The molecule has 9 heteroatoms. The third-order valence-corrected chi connectivity index (χ3v) is 6.39. The summed E-state index contributed by atoms with van der Waals surface area (Å²) in [5.74, 6) is 0.341. The van der Waals surface area contributed by atoms with Crippen molar-refractivity contribution >= 4 is 0 Å². The molecule has 0 spiro atoms. The van der Waals surface area contributed by atoms with Gasteiger partial charge in [0.15, 0.2) is 5.82 Å². The number of benzene rings is 2. The largest absolute Gasteiger partial charge is 0.416 e. The summed E-state index contributed by atoms with van der Waals surface area (Å²) in [7, 11) is 1.79. The van der Waals surface area contributed by atoms with Crippen LogP contribution in [-0.4, -0.2) is 39.3 Å². The van der Waals surface area contributed by atoms with E-state index in [0.29, 0.717) is 23.7 Å². The quantitative estimate of drug-likeness (QED) is 0.309. The summed E-state index contributed by atoms with van der Waals surface area (Å²) in [6, 6.07) is 8.79. The maximum atomic E-state index is 13.5. The maximum Gasteiger partial charge on any atom is 0.416 e. The summed E-state index contributed by atoms with van der Waals surface area (Å²) >= 11 is 0. The molecule has 0 radical (unpaired) electrons. The number of likely N-dealkylation sites (tertiary alicyclic amines) is 1. The van der Waals surface area contributed by atoms with Crippen LogP contribution in [0.3, 0.4) is 0 Å². The van der Waals surface area contributed by atoms with Gasteiger partial charge >= 0.3 is 6.18 Å². The van der Waals surface area contributed by atoms with Crippen LogP contribution in [0.15, 0.2) is 42.5 Å². The first-order valence-electron chi connectivity index (χ1n) is 11.4. The number of nitrogens with zero attached hydrogens (tertiary/aromatic N) is 4. The molecule has 182 valence electrons. The zero-order valence-electron chi connectivity index (χ0n) is 19.0. The van der Waals surface area contributed by atoms with Crippen molar-refractivity contribution in [2.45, 2.75) is 38.3 Å². The van der Waals surface area contributed by atoms with Gasteiger partial charge in [0.25, 0.3) is 0 Å². The van der Waals surface area contributed by atoms with Crippen molar-refractivity contribution in [1.82, 2.24) is 19.7 Å². The Hall–Kier alpha value is -2.81. The van der Waals surface area contributed by atoms with Crippen LogP contribution in [-0.2, 0) is 26.1 Å². The molecule has 1 aliphatic rings. The first-order chi connectivity index (χ1) is 16.2. The lowest BCUT2D eigenvalue weighted by Gasteiger charge is -2.16. The molecule has 34 heavy (non-hydrogen) atoms. The molecule has 0 N–H and O–H groups in total. The van der Waals surface area contributed by atoms with Gasteiger partial charge in [-0.25, -0.2) is 8.78 Å². The smallest absolute Gasteiger partial charge is 0.314 e. The number of aromatic nitrogens is 3. The van der Waals surface area contributed by atoms with Crippen LogP contribution in [0.1, 0.15) is 36.2 Å². The Balaban J connectivity index is 1.21. The Morgan fingerprint density at radius 3 is 2.35 bits per heavy atom. The van der Waals surface area contributed by atoms with Crippen LogP contribution in [0, 0.1) is 17.6 Å². The zero-order valence-corrected chi connectivity index (χ0v) is 19.0. The van der Waals surface area contributed by atoms with E-state index in [1.165, 1.54) is 12.1 Å². The van der Waals surface area contributed by atoms with Gasteiger partial charge < -0.3 is 9.47 Å². The molecule has 0 aliphatic carbocycles. The van der Waals surface area contributed by atoms with Crippen LogP contribution < -0.4 is 0 Å². The molecule has 2 aromatic carbocycles. The first kappa shape index (κ1) is 24.3. The molecule has 0 amide bonds. The normalized spacial score (nSPS) is 16.9. The van der Waals surface area contributed by atoms with Gasteiger partial charge in [0.2, 0.25) is 0 Å². The second-order valence-electron chi connectivity index (χ2n) is 8.97. The molecule has 0 unspecified atom stereocenters. The third-order valence-electron chi connectivity index (χ3n) is 6.39. The molecule has 1 aromatic heterocycles. The van der Waals surface area contributed by atoms with Crippen LogP contribution in [0.25, 0.3) is 11.4 Å². The monoisotopic (exact) mass is 478 g/mol. The van der Waals surface area contributed by atoms with Gasteiger partial charge in [-0.2, -0.15) is 13.2 Å². The molecule has 0 saturated carbocycles. The van der Waals surface area contributed by atoms with E-state index in [-0.39, 0.29) is 0 Å². The lowest BCUT2D eigenvalue weighted by Crippen LogP contribution is -2.22. The van der Waals surface area contributed by atoms with Gasteiger partial charge in [-0.05, 0) is 74.5 Å². The predicted octanol–water partition coefficient (Wildman–Crippen LogP) is 5.67. The number of alkyl halides is 3. The number of hydrogen-bond acceptors (Lipinski definition) is 3. The molecule has 4 rings (SSSR count). The molecule has 1 atom stereocenters. The van der Waals surface area contributed by atoms with E-state index < -0.39 is 23.4 Å². The minimum Gasteiger partial charge on any atom is -0.314 e. The minimum atomic E-state index is -4.30. The standard InChI is InChI=1S/C25H27F5N4/c1-33-23(31-32-24(33)19-13-21(26)15-22(27)14-19)4-2-3-10-34-11-9-18(16-34)12-17-5-7-20(8-6-17)25(28,29)30/h5-8,13-15,18H,2-4,9-12,16H2,1H3/t18-/m1/s1. The summed E-state index contributed by atoms with van der Waals surface area (Å²) in [5.41, 5.74) is 0.688. The van der Waals surface area contributed by atoms with Gasteiger partial charge in [-0.1, -0.05) is 12.1 Å². The number of hydrogen-bond donors (Lipinski definition) is 0. The molecule has 3 aromatic rings. The Morgan fingerprint density at radius 2 is 1.68 bits per heavy atom. The Bertz CT molecular complexity index is 1090. The number of halogens is 5. The van der Waals surface area contributed by atoms with Gasteiger partial charge in [0, 0.05) is 31.6 Å². The van der Waals surface area contributed by atoms with Crippen molar-refractivity contribution in [1.29, 1.82) is 0 Å². The third kappa shape index (κ3) is 6.00. The Kier molecular flexibility index (Phi) is 7.30. The summed E-state index contributed by atoms with van der Waals surface area (Å²) < 4.78 is 67.0. The van der Waals surface area contributed by atoms with Crippen molar-refractivity contribution in [3.63, 3.8) is 0 Å². The van der Waals surface area contributed by atoms with Crippen molar-refractivity contribution < 1.29 is 22.0 Å². The van der Waals surface area contributed by atoms with Crippen molar-refractivity contribution in [2.24, 2.45) is 13.0 Å². The highest BCUT2D eigenvalue weighted by Crippen LogP contribution is 2.30. The van der Waals surface area contributed by atoms with Crippen LogP contribution in [0.5, 0.6) is 0 Å². The second-order valence-corrected chi connectivity index (χ2v) is 8.97. The van der Waals surface area contributed by atoms with E-state index in [9.17, 15) is 22.0 Å². The van der Waals surface area contributed by atoms with Crippen LogP contribution >= 0.6 is 0 Å². The van der Waals surface area contributed by atoms with Gasteiger partial charge in [-0.15, -0.1) is 10.2 Å². The maximum absolute atomic E-state index is 13.5. The number of unbranched alkanes of at least 4 members (excludes halogenated alkanes) is 1. The predicted molar refractivity (Wildman–Crippen MR) is 119 cm³/mol. The number of aryl methyl sites for hydroxylation is 1. The highest BCUT2D eigenvalue weighted by Gasteiger charge is 2.30. The van der Waals surface area contributed by atoms with Crippen LogP contribution in [0.2, 0.25) is 0 Å². The van der Waals surface area contributed by atoms with E-state index in [1.54, 1.807) is 23.7 Å². The highest BCUT2D eigenvalue weighted by atomic mass is 19.4. The highest BCUT2D eigenvalue weighted by molar-refractivity contribution is 5.55. The lowest BCUT2D eigenvalue weighted by atomic mass is 9.98. The second kappa shape index (κ2) is 10.2. The van der Waals surface area contributed by atoms with E-state index in [0.717, 1.165) is 74.9 Å². The first-order valence-corrected chi connectivity index (χ1v) is 11.4. The zero-order chi connectivity index (χ0) is 24.3. The molecule has 1 fully saturated rings. The van der Waals surface area contributed by atoms with Crippen LogP contribution in [0.4, 0.5) is 22.0 Å². The van der Waals surface area contributed by atoms with E-state index >= 15 is 0 Å². The molecule has 1 aliphatic heterocycles. The molecule has 0 bridgehead atoms. The van der Waals surface area contributed by atoms with Crippen molar-refractivity contribution in [3.8, 4) is 11.4 Å². The fourth-order valence-electron chi connectivity index (χ4n) is 4.58. The molecule has 1 saturated heterocycles. The SMILES string of the molecule is Cn1c(CCCCN2CC[C@H](Cc3ccc(C(F)(F)F)cc3)C2)nnc1-c1cc(F)cc(F)c1. The van der Waals surface area contributed by atoms with E-state index in [4.69, 9.17) is 0 Å². The summed E-state index contributed by atoms with van der Waals surface area (Å²) in [4.78, 5) is 2.40. The lowest BCUT2D eigenvalue weighted by molar-refractivity contribution is -0.137. The summed E-state index contributed by atoms with van der Waals surface area (Å²) in [6.07, 6.45) is 0.124.